The molecule has 0 heterocycles. The van der Waals surface area contributed by atoms with Crippen LogP contribution in [0.4, 0.5) is 18.9 Å². The average Bonchev–Trinajstić information content (AvgIpc) is 2.14. The monoisotopic (exact) mass is 249 g/mol. The van der Waals surface area contributed by atoms with Gasteiger partial charge in [0.25, 0.3) is 5.69 Å². The summed E-state index contributed by atoms with van der Waals surface area (Å²) in [5.74, 6) is 0.0703. The van der Waals surface area contributed by atoms with E-state index in [0.717, 1.165) is 6.07 Å². The molecule has 0 aliphatic heterocycles. The Morgan fingerprint density at radius 1 is 1.35 bits per heavy atom. The maximum absolute atomic E-state index is 11.9. The molecule has 17 heavy (non-hydrogen) atoms. The highest BCUT2D eigenvalue weighted by molar-refractivity contribution is 5.42. The van der Waals surface area contributed by atoms with Crippen LogP contribution in [0.15, 0.2) is 18.2 Å². The van der Waals surface area contributed by atoms with Gasteiger partial charge in [-0.05, 0) is 18.6 Å². The van der Waals surface area contributed by atoms with Crippen LogP contribution in [-0.2, 0) is 0 Å². The Balaban J connectivity index is 2.68. The minimum absolute atomic E-state index is 0.0703. The van der Waals surface area contributed by atoms with Crippen molar-refractivity contribution >= 4 is 5.69 Å². The molecule has 1 aromatic carbocycles. The average molecular weight is 249 g/mol. The quantitative estimate of drug-likeness (QED) is 0.608. The SMILES string of the molecule is Cc1cc(OCCC(F)(F)F)cc([N+](=O)[O-])c1. The van der Waals surface area contributed by atoms with Crippen molar-refractivity contribution in [1.29, 1.82) is 0 Å². The lowest BCUT2D eigenvalue weighted by Gasteiger charge is -2.09. The van der Waals surface area contributed by atoms with Crippen LogP contribution in [0, 0.1) is 17.0 Å². The number of benzene rings is 1. The summed E-state index contributed by atoms with van der Waals surface area (Å²) < 4.78 is 40.4. The lowest BCUT2D eigenvalue weighted by molar-refractivity contribution is -0.385. The van der Waals surface area contributed by atoms with Gasteiger partial charge in [-0.2, -0.15) is 13.2 Å². The minimum atomic E-state index is -4.30. The van der Waals surface area contributed by atoms with E-state index < -0.39 is 24.1 Å². The van der Waals surface area contributed by atoms with Gasteiger partial charge in [-0.15, -0.1) is 0 Å². The summed E-state index contributed by atoms with van der Waals surface area (Å²) in [6.45, 7) is 1.05. The molecule has 0 amide bonds. The molecule has 7 heteroatoms. The number of aryl methyl sites for hydroxylation is 1. The molecule has 1 aromatic rings. The Morgan fingerprint density at radius 3 is 2.53 bits per heavy atom. The number of non-ortho nitro benzene ring substituents is 1. The van der Waals surface area contributed by atoms with Gasteiger partial charge in [0.1, 0.15) is 5.75 Å². The molecule has 0 N–H and O–H groups in total. The van der Waals surface area contributed by atoms with Crippen molar-refractivity contribution < 1.29 is 22.8 Å². The fourth-order valence-electron chi connectivity index (χ4n) is 1.20. The van der Waals surface area contributed by atoms with E-state index in [2.05, 4.69) is 0 Å². The van der Waals surface area contributed by atoms with Crippen molar-refractivity contribution in [2.24, 2.45) is 0 Å². The first-order valence-electron chi connectivity index (χ1n) is 4.73. The van der Waals surface area contributed by atoms with Crippen LogP contribution in [0.2, 0.25) is 0 Å². The second-order valence-electron chi connectivity index (χ2n) is 3.48. The summed E-state index contributed by atoms with van der Waals surface area (Å²) >= 11 is 0. The summed E-state index contributed by atoms with van der Waals surface area (Å²) in [5, 5.41) is 10.5. The lowest BCUT2D eigenvalue weighted by atomic mass is 10.2. The van der Waals surface area contributed by atoms with Crippen LogP contribution in [0.3, 0.4) is 0 Å². The zero-order valence-corrected chi connectivity index (χ0v) is 8.95. The maximum Gasteiger partial charge on any atom is 0.392 e. The Kier molecular flexibility index (Phi) is 3.93. The van der Waals surface area contributed by atoms with E-state index >= 15 is 0 Å². The van der Waals surface area contributed by atoms with Gasteiger partial charge in [-0.3, -0.25) is 10.1 Å². The molecule has 0 atom stereocenters. The number of halogens is 3. The zero-order chi connectivity index (χ0) is 13.1. The summed E-state index contributed by atoms with van der Waals surface area (Å²) in [6, 6.07) is 3.86. The lowest BCUT2D eigenvalue weighted by Crippen LogP contribution is -2.13. The van der Waals surface area contributed by atoms with Crippen LogP contribution in [0.1, 0.15) is 12.0 Å². The fourth-order valence-corrected chi connectivity index (χ4v) is 1.20. The van der Waals surface area contributed by atoms with Crippen molar-refractivity contribution in [3.63, 3.8) is 0 Å². The van der Waals surface area contributed by atoms with Crippen molar-refractivity contribution in [3.8, 4) is 5.75 Å². The summed E-state index contributed by atoms with van der Waals surface area (Å²) in [4.78, 5) is 9.89. The van der Waals surface area contributed by atoms with Gasteiger partial charge < -0.3 is 4.74 Å². The summed E-state index contributed by atoms with van der Waals surface area (Å²) in [5.41, 5.74) is 0.355. The van der Waals surface area contributed by atoms with Gasteiger partial charge in [0.15, 0.2) is 0 Å². The van der Waals surface area contributed by atoms with Crippen LogP contribution in [0.25, 0.3) is 0 Å². The number of nitro groups is 1. The summed E-state index contributed by atoms with van der Waals surface area (Å²) in [6.07, 6.45) is -5.38. The molecule has 4 nitrogen and oxygen atoms in total. The van der Waals surface area contributed by atoms with Crippen molar-refractivity contribution in [2.45, 2.75) is 19.5 Å². The number of hydrogen-bond acceptors (Lipinski definition) is 3. The molecular weight excluding hydrogens is 239 g/mol. The number of alkyl halides is 3. The van der Waals surface area contributed by atoms with Crippen molar-refractivity contribution in [2.75, 3.05) is 6.61 Å². The number of nitrogens with zero attached hydrogens (tertiary/aromatic N) is 1. The van der Waals surface area contributed by atoms with E-state index in [1.54, 1.807) is 6.92 Å². The fraction of sp³-hybridized carbons (Fsp3) is 0.400. The summed E-state index contributed by atoms with van der Waals surface area (Å²) in [7, 11) is 0. The molecule has 94 valence electrons. The first-order valence-corrected chi connectivity index (χ1v) is 4.73. The Labute approximate surface area is 95.2 Å². The number of ether oxygens (including phenoxy) is 1. The number of nitro benzene ring substituents is 1. The predicted octanol–water partition coefficient (Wildman–Crippen LogP) is 3.23. The third-order valence-electron chi connectivity index (χ3n) is 1.90. The molecule has 0 saturated carbocycles. The zero-order valence-electron chi connectivity index (χ0n) is 8.95. The van der Waals surface area contributed by atoms with Gasteiger partial charge in [0, 0.05) is 6.07 Å². The Hall–Kier alpha value is -1.79. The van der Waals surface area contributed by atoms with Gasteiger partial charge in [0.2, 0.25) is 0 Å². The van der Waals surface area contributed by atoms with Crippen molar-refractivity contribution in [1.82, 2.24) is 0 Å². The topological polar surface area (TPSA) is 52.4 Å². The van der Waals surface area contributed by atoms with Crippen LogP contribution in [-0.4, -0.2) is 17.7 Å². The molecule has 0 bridgehead atoms. The normalized spacial score (nSPS) is 11.3. The molecular formula is C10H10F3NO3. The molecule has 0 fully saturated rings. The predicted molar refractivity (Wildman–Crippen MR) is 54.0 cm³/mol. The smallest absolute Gasteiger partial charge is 0.392 e. The number of hydrogen-bond donors (Lipinski definition) is 0. The molecule has 0 aliphatic rings. The van der Waals surface area contributed by atoms with E-state index in [1.165, 1.54) is 12.1 Å². The molecule has 0 radical (unpaired) electrons. The van der Waals surface area contributed by atoms with Gasteiger partial charge in [-0.25, -0.2) is 0 Å². The molecule has 0 aromatic heterocycles. The van der Waals surface area contributed by atoms with E-state index in [0.29, 0.717) is 5.56 Å². The van der Waals surface area contributed by atoms with Crippen molar-refractivity contribution in [3.05, 3.63) is 33.9 Å². The highest BCUT2D eigenvalue weighted by Crippen LogP contribution is 2.24. The standard InChI is InChI=1S/C10H10F3NO3/c1-7-4-8(14(15)16)6-9(5-7)17-3-2-10(11,12)13/h4-6H,2-3H2,1H3. The first kappa shape index (κ1) is 13.3. The first-order chi connectivity index (χ1) is 7.78. The minimum Gasteiger partial charge on any atom is -0.493 e. The molecule has 0 spiro atoms. The van der Waals surface area contributed by atoms with E-state index in [1.807, 2.05) is 0 Å². The third kappa shape index (κ3) is 4.71. The number of rotatable bonds is 4. The highest BCUT2D eigenvalue weighted by Gasteiger charge is 2.26. The maximum atomic E-state index is 11.9. The molecule has 0 aliphatic carbocycles. The second kappa shape index (κ2) is 5.03. The Morgan fingerprint density at radius 2 is 2.00 bits per heavy atom. The largest absolute Gasteiger partial charge is 0.493 e. The van der Waals surface area contributed by atoms with Gasteiger partial charge in [0.05, 0.1) is 24.0 Å². The highest BCUT2D eigenvalue weighted by atomic mass is 19.4. The second-order valence-corrected chi connectivity index (χ2v) is 3.48. The third-order valence-corrected chi connectivity index (χ3v) is 1.90. The van der Waals surface area contributed by atoms with Crippen LogP contribution in [0.5, 0.6) is 5.75 Å². The van der Waals surface area contributed by atoms with Crippen LogP contribution >= 0.6 is 0 Å². The van der Waals surface area contributed by atoms with Gasteiger partial charge >= 0.3 is 6.18 Å². The van der Waals surface area contributed by atoms with Gasteiger partial charge in [-0.1, -0.05) is 0 Å². The molecule has 1 rings (SSSR count). The molecule has 0 unspecified atom stereocenters. The van der Waals surface area contributed by atoms with E-state index in [9.17, 15) is 23.3 Å². The Bertz CT molecular complexity index is 418. The molecule has 0 saturated heterocycles. The van der Waals surface area contributed by atoms with Crippen LogP contribution < -0.4 is 4.74 Å². The van der Waals surface area contributed by atoms with E-state index in [4.69, 9.17) is 4.74 Å². The van der Waals surface area contributed by atoms with E-state index in [-0.39, 0.29) is 11.4 Å².